The van der Waals surface area contributed by atoms with Gasteiger partial charge >= 0.3 is 6.03 Å². The van der Waals surface area contributed by atoms with Gasteiger partial charge in [-0.2, -0.15) is 0 Å². The molecule has 3 aromatic rings. The molecule has 2 N–H and O–H groups in total. The zero-order chi connectivity index (χ0) is 17.1. The smallest absolute Gasteiger partial charge is 0.308 e. The number of thiazole rings is 1. The number of nitrogens with zero attached hydrogens (tertiary/aromatic N) is 1. The van der Waals surface area contributed by atoms with Crippen molar-refractivity contribution in [2.75, 3.05) is 10.6 Å². The van der Waals surface area contributed by atoms with Crippen molar-refractivity contribution in [1.29, 1.82) is 0 Å². The van der Waals surface area contributed by atoms with Crippen LogP contribution in [0.15, 0.2) is 47.8 Å². The van der Waals surface area contributed by atoms with Crippen LogP contribution in [-0.4, -0.2) is 11.0 Å². The van der Waals surface area contributed by atoms with Crippen LogP contribution in [0.5, 0.6) is 0 Å². The summed E-state index contributed by atoms with van der Waals surface area (Å²) >= 11 is 1.63. The SMILES string of the molecule is Cc1nc(-c2ccc(NC(=O)Nc3ccc(C)c(C)c3)cc2)cs1. The van der Waals surface area contributed by atoms with E-state index in [-0.39, 0.29) is 6.03 Å². The van der Waals surface area contributed by atoms with Crippen molar-refractivity contribution in [3.8, 4) is 11.3 Å². The van der Waals surface area contributed by atoms with Crippen LogP contribution in [0, 0.1) is 20.8 Å². The van der Waals surface area contributed by atoms with Crippen LogP contribution in [0.4, 0.5) is 16.2 Å². The molecule has 0 saturated carbocycles. The number of carbonyl (C=O) groups excluding carboxylic acids is 1. The van der Waals surface area contributed by atoms with Crippen LogP contribution >= 0.6 is 11.3 Å². The number of aromatic nitrogens is 1. The second-order valence-corrected chi connectivity index (χ2v) is 6.77. The quantitative estimate of drug-likeness (QED) is 0.674. The monoisotopic (exact) mass is 337 g/mol. The Bertz CT molecular complexity index is 869. The van der Waals surface area contributed by atoms with Crippen molar-refractivity contribution in [2.45, 2.75) is 20.8 Å². The maximum Gasteiger partial charge on any atom is 0.323 e. The number of amides is 2. The molecule has 0 radical (unpaired) electrons. The third kappa shape index (κ3) is 3.81. The number of urea groups is 1. The average molecular weight is 337 g/mol. The molecular weight excluding hydrogens is 318 g/mol. The van der Waals surface area contributed by atoms with E-state index >= 15 is 0 Å². The molecule has 5 heteroatoms. The lowest BCUT2D eigenvalue weighted by molar-refractivity contribution is 0.262. The van der Waals surface area contributed by atoms with Gasteiger partial charge in [-0.05, 0) is 56.2 Å². The van der Waals surface area contributed by atoms with Crippen LogP contribution in [0.3, 0.4) is 0 Å². The molecule has 0 spiro atoms. The van der Waals surface area contributed by atoms with Crippen molar-refractivity contribution >= 4 is 28.7 Å². The summed E-state index contributed by atoms with van der Waals surface area (Å²) in [6.07, 6.45) is 0. The van der Waals surface area contributed by atoms with E-state index in [1.165, 1.54) is 5.56 Å². The predicted molar refractivity (Wildman–Crippen MR) is 101 cm³/mol. The Labute approximate surface area is 145 Å². The number of benzene rings is 2. The third-order valence-corrected chi connectivity index (χ3v) is 4.60. The third-order valence-electron chi connectivity index (χ3n) is 3.82. The minimum atomic E-state index is -0.254. The topological polar surface area (TPSA) is 54.0 Å². The van der Waals surface area contributed by atoms with Gasteiger partial charge in [0, 0.05) is 22.3 Å². The molecule has 0 atom stereocenters. The summed E-state index contributed by atoms with van der Waals surface area (Å²) in [6.45, 7) is 6.06. The number of aryl methyl sites for hydroxylation is 3. The summed E-state index contributed by atoms with van der Waals surface area (Å²) < 4.78 is 0. The highest BCUT2D eigenvalue weighted by Gasteiger charge is 2.05. The first-order valence-corrected chi connectivity index (χ1v) is 8.57. The molecule has 0 unspecified atom stereocenters. The fourth-order valence-corrected chi connectivity index (χ4v) is 2.95. The molecule has 1 heterocycles. The number of hydrogen-bond donors (Lipinski definition) is 2. The first-order chi connectivity index (χ1) is 11.5. The lowest BCUT2D eigenvalue weighted by atomic mass is 10.1. The molecule has 1 aromatic heterocycles. The van der Waals surface area contributed by atoms with Gasteiger partial charge in [0.05, 0.1) is 10.7 Å². The van der Waals surface area contributed by atoms with Crippen LogP contribution < -0.4 is 10.6 Å². The highest BCUT2D eigenvalue weighted by Crippen LogP contribution is 2.23. The molecule has 24 heavy (non-hydrogen) atoms. The maximum absolute atomic E-state index is 12.1. The van der Waals surface area contributed by atoms with Gasteiger partial charge in [0.25, 0.3) is 0 Å². The maximum atomic E-state index is 12.1. The van der Waals surface area contributed by atoms with Gasteiger partial charge in [-0.15, -0.1) is 11.3 Å². The number of rotatable bonds is 3. The first-order valence-electron chi connectivity index (χ1n) is 7.69. The number of nitrogens with one attached hydrogen (secondary N) is 2. The van der Waals surface area contributed by atoms with Crippen molar-refractivity contribution < 1.29 is 4.79 Å². The molecule has 0 fully saturated rings. The lowest BCUT2D eigenvalue weighted by Crippen LogP contribution is -2.19. The normalized spacial score (nSPS) is 10.5. The molecule has 3 rings (SSSR count). The summed E-state index contributed by atoms with van der Waals surface area (Å²) in [5.74, 6) is 0. The van der Waals surface area contributed by atoms with Crippen LogP contribution in [-0.2, 0) is 0 Å². The predicted octanol–water partition coefficient (Wildman–Crippen LogP) is 5.38. The highest BCUT2D eigenvalue weighted by molar-refractivity contribution is 7.09. The van der Waals surface area contributed by atoms with Crippen LogP contribution in [0.1, 0.15) is 16.1 Å². The molecule has 4 nitrogen and oxygen atoms in total. The summed E-state index contributed by atoms with van der Waals surface area (Å²) in [7, 11) is 0. The fraction of sp³-hybridized carbons (Fsp3) is 0.158. The molecular formula is C19H19N3OS. The Morgan fingerprint density at radius 3 is 2.21 bits per heavy atom. The molecule has 2 amide bonds. The molecule has 2 aromatic carbocycles. The largest absolute Gasteiger partial charge is 0.323 e. The summed E-state index contributed by atoms with van der Waals surface area (Å²) in [4.78, 5) is 16.6. The summed E-state index contributed by atoms with van der Waals surface area (Å²) in [5, 5.41) is 8.76. The molecule has 122 valence electrons. The Morgan fingerprint density at radius 2 is 1.58 bits per heavy atom. The van der Waals surface area contributed by atoms with E-state index < -0.39 is 0 Å². The second-order valence-electron chi connectivity index (χ2n) is 5.71. The van der Waals surface area contributed by atoms with Gasteiger partial charge in [-0.3, -0.25) is 0 Å². The number of hydrogen-bond acceptors (Lipinski definition) is 3. The van der Waals surface area contributed by atoms with Gasteiger partial charge in [0.2, 0.25) is 0 Å². The van der Waals surface area contributed by atoms with Crippen molar-refractivity contribution in [3.63, 3.8) is 0 Å². The average Bonchev–Trinajstić information content (AvgIpc) is 2.98. The van der Waals surface area contributed by atoms with E-state index in [4.69, 9.17) is 0 Å². The van der Waals surface area contributed by atoms with Gasteiger partial charge in [-0.25, -0.2) is 9.78 Å². The fourth-order valence-electron chi connectivity index (χ4n) is 2.33. The van der Waals surface area contributed by atoms with E-state index in [0.29, 0.717) is 0 Å². The molecule has 0 aliphatic carbocycles. The Kier molecular flexibility index (Phi) is 4.62. The van der Waals surface area contributed by atoms with E-state index in [1.54, 1.807) is 11.3 Å². The summed E-state index contributed by atoms with van der Waals surface area (Å²) in [6, 6.07) is 13.3. The highest BCUT2D eigenvalue weighted by atomic mass is 32.1. The Morgan fingerprint density at radius 1 is 0.917 bits per heavy atom. The van der Waals surface area contributed by atoms with E-state index in [1.807, 2.05) is 68.6 Å². The standard InChI is InChI=1S/C19H19N3OS/c1-12-4-7-17(10-13(12)2)22-19(23)21-16-8-5-15(6-9-16)18-11-24-14(3)20-18/h4-11H,1-3H3,(H2,21,22,23). The lowest BCUT2D eigenvalue weighted by Gasteiger charge is -2.09. The van der Waals surface area contributed by atoms with Crippen molar-refractivity contribution in [2.24, 2.45) is 0 Å². The van der Waals surface area contributed by atoms with Gasteiger partial charge in [0.15, 0.2) is 0 Å². The van der Waals surface area contributed by atoms with Crippen LogP contribution in [0.25, 0.3) is 11.3 Å². The number of carbonyl (C=O) groups is 1. The molecule has 0 bridgehead atoms. The van der Waals surface area contributed by atoms with Crippen LogP contribution in [0.2, 0.25) is 0 Å². The zero-order valence-electron chi connectivity index (χ0n) is 13.9. The van der Waals surface area contributed by atoms with Gasteiger partial charge in [-0.1, -0.05) is 18.2 Å². The van der Waals surface area contributed by atoms with Crippen molar-refractivity contribution in [1.82, 2.24) is 4.98 Å². The zero-order valence-corrected chi connectivity index (χ0v) is 14.7. The second kappa shape index (κ2) is 6.84. The summed E-state index contributed by atoms with van der Waals surface area (Å²) in [5.41, 5.74) is 5.88. The van der Waals surface area contributed by atoms with Crippen molar-refractivity contribution in [3.05, 3.63) is 64.0 Å². The Hall–Kier alpha value is -2.66. The minimum Gasteiger partial charge on any atom is -0.308 e. The molecule has 0 aliphatic heterocycles. The van der Waals surface area contributed by atoms with Gasteiger partial charge < -0.3 is 10.6 Å². The van der Waals surface area contributed by atoms with E-state index in [2.05, 4.69) is 15.6 Å². The Balaban J connectivity index is 1.65. The van der Waals surface area contributed by atoms with E-state index in [9.17, 15) is 4.79 Å². The first kappa shape index (κ1) is 16.2. The van der Waals surface area contributed by atoms with E-state index in [0.717, 1.165) is 33.2 Å². The molecule has 0 saturated heterocycles. The molecule has 0 aliphatic rings. The number of anilines is 2. The van der Waals surface area contributed by atoms with Gasteiger partial charge in [0.1, 0.15) is 0 Å². The minimum absolute atomic E-state index is 0.254.